The van der Waals surface area contributed by atoms with Crippen molar-refractivity contribution < 1.29 is 4.79 Å². The van der Waals surface area contributed by atoms with E-state index >= 15 is 0 Å². The average Bonchev–Trinajstić information content (AvgIpc) is 3.08. The molecule has 0 aliphatic heterocycles. The highest BCUT2D eigenvalue weighted by Crippen LogP contribution is 2.26. The van der Waals surface area contributed by atoms with Crippen LogP contribution in [0, 0.1) is 6.92 Å². The van der Waals surface area contributed by atoms with E-state index < -0.39 is 0 Å². The first-order valence-electron chi connectivity index (χ1n) is 9.62. The van der Waals surface area contributed by atoms with Gasteiger partial charge in [-0.3, -0.25) is 10.1 Å². The average molecular weight is 368 g/mol. The third-order valence-corrected chi connectivity index (χ3v) is 5.22. The van der Waals surface area contributed by atoms with E-state index in [2.05, 4.69) is 34.6 Å². The normalized spacial score (nSPS) is 12.4. The fourth-order valence-corrected chi connectivity index (χ4v) is 3.81. The number of aromatic amines is 1. The number of H-pyrrole nitrogens is 1. The van der Waals surface area contributed by atoms with Crippen LogP contribution in [0.25, 0.3) is 10.9 Å². The summed E-state index contributed by atoms with van der Waals surface area (Å²) in [5.41, 5.74) is 4.97. The van der Waals surface area contributed by atoms with Crippen LogP contribution in [0.3, 0.4) is 0 Å². The molecule has 0 amide bonds. The fourth-order valence-electron chi connectivity index (χ4n) is 3.81. The summed E-state index contributed by atoms with van der Waals surface area (Å²) in [4.78, 5) is 16.7. The van der Waals surface area contributed by atoms with Crippen molar-refractivity contribution in [2.75, 3.05) is 0 Å². The monoisotopic (exact) mass is 368 g/mol. The number of carbonyl (C=O) groups is 1. The smallest absolute Gasteiger partial charge is 0.181 e. The van der Waals surface area contributed by atoms with Gasteiger partial charge in [0.25, 0.3) is 0 Å². The Morgan fingerprint density at radius 3 is 1.96 bits per heavy atom. The van der Waals surface area contributed by atoms with E-state index in [1.54, 1.807) is 0 Å². The highest BCUT2D eigenvalue weighted by Gasteiger charge is 2.24. The molecule has 0 spiro atoms. The second-order valence-corrected chi connectivity index (χ2v) is 7.18. The molecule has 0 bridgehead atoms. The van der Waals surface area contributed by atoms with E-state index in [0.717, 1.165) is 33.3 Å². The first-order valence-corrected chi connectivity index (χ1v) is 9.62. The van der Waals surface area contributed by atoms with E-state index in [1.165, 1.54) is 0 Å². The third kappa shape index (κ3) is 3.49. The molecule has 1 aromatic heterocycles. The van der Waals surface area contributed by atoms with Gasteiger partial charge in [-0.25, -0.2) is 0 Å². The van der Waals surface area contributed by atoms with Crippen molar-refractivity contribution in [1.82, 2.24) is 10.3 Å². The Kier molecular flexibility index (Phi) is 5.09. The highest BCUT2D eigenvalue weighted by atomic mass is 16.1. The Labute approximate surface area is 165 Å². The van der Waals surface area contributed by atoms with Gasteiger partial charge in [-0.1, -0.05) is 78.9 Å². The van der Waals surface area contributed by atoms with E-state index in [1.807, 2.05) is 74.5 Å². The number of Topliss-reactive ketones (excluding diaryl/α,β-unsaturated/α-hetero) is 1. The van der Waals surface area contributed by atoms with E-state index in [-0.39, 0.29) is 17.9 Å². The number of fused-ring (bicyclic) bond motifs is 1. The number of aryl methyl sites for hydroxylation is 1. The molecule has 140 valence electrons. The summed E-state index contributed by atoms with van der Waals surface area (Å²) in [6.45, 7) is 3.91. The predicted molar refractivity (Wildman–Crippen MR) is 115 cm³/mol. The molecule has 0 fully saturated rings. The first-order chi connectivity index (χ1) is 13.6. The molecule has 0 radical (unpaired) electrons. The maximum absolute atomic E-state index is 13.4. The molecule has 1 atom stereocenters. The molecule has 0 aliphatic rings. The number of rotatable bonds is 6. The summed E-state index contributed by atoms with van der Waals surface area (Å²) >= 11 is 0. The number of para-hydroxylation sites is 1. The maximum atomic E-state index is 13.4. The van der Waals surface area contributed by atoms with Gasteiger partial charge in [0.2, 0.25) is 0 Å². The summed E-state index contributed by atoms with van der Waals surface area (Å²) < 4.78 is 0. The van der Waals surface area contributed by atoms with Crippen LogP contribution >= 0.6 is 0 Å². The van der Waals surface area contributed by atoms with Crippen LogP contribution in [0.4, 0.5) is 0 Å². The van der Waals surface area contributed by atoms with Gasteiger partial charge in [-0.15, -0.1) is 0 Å². The largest absolute Gasteiger partial charge is 0.358 e. The Hall–Kier alpha value is -3.17. The Bertz CT molecular complexity index is 1040. The molecule has 0 aliphatic carbocycles. The van der Waals surface area contributed by atoms with E-state index in [9.17, 15) is 4.79 Å². The molecule has 3 nitrogen and oxygen atoms in total. The topological polar surface area (TPSA) is 44.9 Å². The van der Waals surface area contributed by atoms with Crippen LogP contribution in [0.2, 0.25) is 0 Å². The highest BCUT2D eigenvalue weighted by molar-refractivity contribution is 6.11. The van der Waals surface area contributed by atoms with Crippen molar-refractivity contribution in [2.45, 2.75) is 25.9 Å². The van der Waals surface area contributed by atoms with Gasteiger partial charge in [-0.05, 0) is 31.0 Å². The van der Waals surface area contributed by atoms with Crippen molar-refractivity contribution in [3.8, 4) is 0 Å². The fraction of sp³-hybridized carbons (Fsp3) is 0.160. The molecule has 28 heavy (non-hydrogen) atoms. The van der Waals surface area contributed by atoms with E-state index in [4.69, 9.17) is 0 Å². The summed E-state index contributed by atoms with van der Waals surface area (Å²) in [5, 5.41) is 4.55. The lowest BCUT2D eigenvalue weighted by Gasteiger charge is -2.24. The molecular formula is C25H24N2O. The minimum atomic E-state index is -0.330. The molecule has 4 aromatic rings. The molecule has 0 unspecified atom stereocenters. The molecule has 0 saturated carbocycles. The Morgan fingerprint density at radius 1 is 0.821 bits per heavy atom. The zero-order chi connectivity index (χ0) is 19.5. The third-order valence-electron chi connectivity index (χ3n) is 5.22. The predicted octanol–water partition coefficient (Wildman–Crippen LogP) is 5.43. The van der Waals surface area contributed by atoms with Gasteiger partial charge in [0.05, 0.1) is 12.1 Å². The number of benzene rings is 3. The Balaban J connectivity index is 1.67. The van der Waals surface area contributed by atoms with Crippen molar-refractivity contribution in [3.05, 3.63) is 107 Å². The first kappa shape index (κ1) is 18.2. The van der Waals surface area contributed by atoms with E-state index in [0.29, 0.717) is 0 Å². The zero-order valence-electron chi connectivity index (χ0n) is 16.1. The van der Waals surface area contributed by atoms with Gasteiger partial charge in [0.15, 0.2) is 5.78 Å². The number of hydrogen-bond donors (Lipinski definition) is 2. The van der Waals surface area contributed by atoms with Gasteiger partial charge >= 0.3 is 0 Å². The number of hydrogen-bond acceptors (Lipinski definition) is 2. The molecule has 4 rings (SSSR count). The minimum Gasteiger partial charge on any atom is -0.358 e. The SMILES string of the molecule is Cc1[nH]c2ccccc2c1C(=O)[C@@H](C)NC(c1ccccc1)c1ccccc1. The Morgan fingerprint density at radius 2 is 1.36 bits per heavy atom. The lowest BCUT2D eigenvalue weighted by atomic mass is 9.96. The molecular weight excluding hydrogens is 344 g/mol. The van der Waals surface area contributed by atoms with Crippen LogP contribution < -0.4 is 5.32 Å². The quantitative estimate of drug-likeness (QED) is 0.446. The van der Waals surface area contributed by atoms with Gasteiger partial charge in [-0.2, -0.15) is 0 Å². The number of carbonyl (C=O) groups excluding carboxylic acids is 1. The van der Waals surface area contributed by atoms with Gasteiger partial charge < -0.3 is 4.98 Å². The molecule has 3 heteroatoms. The molecule has 2 N–H and O–H groups in total. The lowest BCUT2D eigenvalue weighted by Crippen LogP contribution is -2.37. The zero-order valence-corrected chi connectivity index (χ0v) is 16.1. The molecule has 1 heterocycles. The van der Waals surface area contributed by atoms with Crippen molar-refractivity contribution in [2.24, 2.45) is 0 Å². The van der Waals surface area contributed by atoms with Crippen molar-refractivity contribution in [3.63, 3.8) is 0 Å². The molecule has 3 aromatic carbocycles. The van der Waals surface area contributed by atoms with Crippen molar-refractivity contribution in [1.29, 1.82) is 0 Å². The molecule has 0 saturated heterocycles. The second-order valence-electron chi connectivity index (χ2n) is 7.18. The van der Waals surface area contributed by atoms with Crippen molar-refractivity contribution >= 4 is 16.7 Å². The number of ketones is 1. The summed E-state index contributed by atoms with van der Waals surface area (Å²) in [5.74, 6) is 0.104. The standard InChI is InChI=1S/C25H24N2O/c1-17-23(21-15-9-10-16-22(21)26-17)25(28)18(2)27-24(19-11-5-3-6-12-19)20-13-7-4-8-14-20/h3-16,18,24,26-27H,1-2H3/t18-/m1/s1. The number of nitrogens with one attached hydrogen (secondary N) is 2. The lowest BCUT2D eigenvalue weighted by molar-refractivity contribution is 0.0948. The van der Waals surface area contributed by atoms with Gasteiger partial charge in [0, 0.05) is 22.2 Å². The minimum absolute atomic E-state index is 0.0492. The summed E-state index contributed by atoms with van der Waals surface area (Å²) in [6, 6.07) is 28.1. The van der Waals surface area contributed by atoms with Crippen LogP contribution in [0.15, 0.2) is 84.9 Å². The van der Waals surface area contributed by atoms with Crippen LogP contribution in [0.1, 0.15) is 40.1 Å². The summed E-state index contributed by atoms with van der Waals surface area (Å²) in [6.07, 6.45) is 0. The van der Waals surface area contributed by atoms with Crippen LogP contribution in [0.5, 0.6) is 0 Å². The van der Waals surface area contributed by atoms with Crippen LogP contribution in [-0.4, -0.2) is 16.8 Å². The summed E-state index contributed by atoms with van der Waals surface area (Å²) in [7, 11) is 0. The van der Waals surface area contributed by atoms with Crippen LogP contribution in [-0.2, 0) is 0 Å². The maximum Gasteiger partial charge on any atom is 0.181 e. The van der Waals surface area contributed by atoms with Gasteiger partial charge in [0.1, 0.15) is 0 Å². The number of aromatic nitrogens is 1. The second kappa shape index (κ2) is 7.83.